The van der Waals surface area contributed by atoms with E-state index < -0.39 is 0 Å². The summed E-state index contributed by atoms with van der Waals surface area (Å²) in [7, 11) is 0. The summed E-state index contributed by atoms with van der Waals surface area (Å²) in [6.45, 7) is 4.50. The van der Waals surface area contributed by atoms with Gasteiger partial charge in [0.15, 0.2) is 0 Å². The van der Waals surface area contributed by atoms with Gasteiger partial charge in [-0.25, -0.2) is 9.97 Å². The predicted octanol–water partition coefficient (Wildman–Crippen LogP) is 3.39. The Morgan fingerprint density at radius 2 is 2.06 bits per heavy atom. The van der Waals surface area contributed by atoms with Gasteiger partial charge in [0.1, 0.15) is 0 Å². The summed E-state index contributed by atoms with van der Waals surface area (Å²) >= 11 is 3.41. The lowest BCUT2D eigenvalue weighted by Crippen LogP contribution is -2.26. The topological polar surface area (TPSA) is 29.0 Å². The minimum absolute atomic E-state index is 0.825. The van der Waals surface area contributed by atoms with Crippen molar-refractivity contribution in [2.75, 3.05) is 18.0 Å². The predicted molar refractivity (Wildman–Crippen MR) is 74.5 cm³/mol. The molecule has 0 aliphatic carbocycles. The first kappa shape index (κ1) is 12.8. The smallest absolute Gasteiger partial charge is 0.225 e. The van der Waals surface area contributed by atoms with Crippen molar-refractivity contribution >= 4 is 21.9 Å². The van der Waals surface area contributed by atoms with E-state index in [-0.39, 0.29) is 0 Å². The zero-order chi connectivity index (χ0) is 12.1. The van der Waals surface area contributed by atoms with Crippen molar-refractivity contribution in [1.82, 2.24) is 9.97 Å². The third-order valence-electron chi connectivity index (χ3n) is 3.55. The van der Waals surface area contributed by atoms with Gasteiger partial charge in [-0.2, -0.15) is 0 Å². The number of aromatic nitrogens is 2. The number of hydrogen-bond donors (Lipinski definition) is 0. The van der Waals surface area contributed by atoms with Gasteiger partial charge in [-0.3, -0.25) is 0 Å². The molecule has 94 valence electrons. The Hall–Kier alpha value is -0.640. The lowest BCUT2D eigenvalue weighted by Gasteiger charge is -2.20. The molecule has 0 amide bonds. The number of alkyl halides is 1. The summed E-state index contributed by atoms with van der Waals surface area (Å²) in [5.41, 5.74) is 1.13. The van der Waals surface area contributed by atoms with E-state index in [1.54, 1.807) is 0 Å². The summed E-state index contributed by atoms with van der Waals surface area (Å²) in [6, 6.07) is 0. The molecule has 0 bridgehead atoms. The van der Waals surface area contributed by atoms with Crippen LogP contribution in [0.25, 0.3) is 0 Å². The van der Waals surface area contributed by atoms with Gasteiger partial charge < -0.3 is 4.90 Å². The average Bonchev–Trinajstić information content (AvgIpc) is 2.64. The van der Waals surface area contributed by atoms with Gasteiger partial charge in [0, 0.05) is 30.8 Å². The van der Waals surface area contributed by atoms with E-state index >= 15 is 0 Å². The maximum Gasteiger partial charge on any atom is 0.225 e. The van der Waals surface area contributed by atoms with Crippen molar-refractivity contribution < 1.29 is 0 Å². The molecule has 1 aromatic rings. The van der Waals surface area contributed by atoms with Gasteiger partial charge in [-0.15, -0.1) is 0 Å². The first-order valence-corrected chi connectivity index (χ1v) is 7.57. The molecule has 2 heterocycles. The fourth-order valence-electron chi connectivity index (χ4n) is 2.35. The molecule has 1 aliphatic heterocycles. The Morgan fingerprint density at radius 1 is 1.29 bits per heavy atom. The lowest BCUT2D eigenvalue weighted by atomic mass is 9.98. The largest absolute Gasteiger partial charge is 0.341 e. The number of halogens is 1. The molecule has 17 heavy (non-hydrogen) atoms. The molecule has 1 aromatic heterocycles. The third kappa shape index (κ3) is 3.41. The van der Waals surface area contributed by atoms with Gasteiger partial charge in [-0.05, 0) is 30.7 Å². The van der Waals surface area contributed by atoms with E-state index in [0.717, 1.165) is 35.8 Å². The van der Waals surface area contributed by atoms with E-state index in [9.17, 15) is 0 Å². The van der Waals surface area contributed by atoms with Crippen molar-refractivity contribution in [2.24, 2.45) is 5.92 Å². The maximum atomic E-state index is 4.45. The normalized spacial score (nSPS) is 21.3. The van der Waals surface area contributed by atoms with Crippen molar-refractivity contribution in [2.45, 2.75) is 37.9 Å². The first-order chi connectivity index (χ1) is 8.33. The van der Waals surface area contributed by atoms with Crippen LogP contribution in [-0.4, -0.2) is 23.1 Å². The summed E-state index contributed by atoms with van der Waals surface area (Å²) < 4.78 is 0. The lowest BCUT2D eigenvalue weighted by molar-refractivity contribution is 0.459. The second-order valence-corrected chi connectivity index (χ2v) is 5.28. The van der Waals surface area contributed by atoms with Crippen molar-refractivity contribution in [3.63, 3.8) is 0 Å². The second-order valence-electron chi connectivity index (χ2n) is 4.72. The Balaban J connectivity index is 2.01. The van der Waals surface area contributed by atoms with Crippen LogP contribution in [0.5, 0.6) is 0 Å². The van der Waals surface area contributed by atoms with E-state index in [2.05, 4.69) is 37.7 Å². The number of anilines is 1. The monoisotopic (exact) mass is 297 g/mol. The van der Waals surface area contributed by atoms with E-state index in [0.29, 0.717) is 0 Å². The minimum atomic E-state index is 0.825. The third-order valence-corrected chi connectivity index (χ3v) is 4.20. The highest BCUT2D eigenvalue weighted by atomic mass is 79.9. The summed E-state index contributed by atoms with van der Waals surface area (Å²) in [5, 5.41) is 0.825. The summed E-state index contributed by atoms with van der Waals surface area (Å²) in [4.78, 5) is 11.2. The maximum absolute atomic E-state index is 4.45. The molecule has 0 aromatic carbocycles. The molecule has 1 fully saturated rings. The SMILES string of the molecule is CCC1CCCN(c2ncc(CBr)cn2)CC1. The Bertz CT molecular complexity index is 339. The highest BCUT2D eigenvalue weighted by Crippen LogP contribution is 2.22. The molecule has 3 nitrogen and oxygen atoms in total. The zero-order valence-electron chi connectivity index (χ0n) is 10.4. The molecule has 1 saturated heterocycles. The molecular formula is C13H20BrN3. The van der Waals surface area contributed by atoms with Crippen molar-refractivity contribution in [3.8, 4) is 0 Å². The van der Waals surface area contributed by atoms with Crippen LogP contribution in [0.1, 0.15) is 38.2 Å². The van der Waals surface area contributed by atoms with Crippen LogP contribution < -0.4 is 4.90 Å². The Kier molecular flexibility index (Phi) is 4.77. The molecule has 0 radical (unpaired) electrons. The Labute approximate surface area is 112 Å². The molecular weight excluding hydrogens is 278 g/mol. The van der Waals surface area contributed by atoms with Crippen molar-refractivity contribution in [1.29, 1.82) is 0 Å². The van der Waals surface area contributed by atoms with Crippen LogP contribution in [-0.2, 0) is 5.33 Å². The zero-order valence-corrected chi connectivity index (χ0v) is 12.0. The van der Waals surface area contributed by atoms with Gasteiger partial charge in [0.05, 0.1) is 0 Å². The van der Waals surface area contributed by atoms with E-state index in [4.69, 9.17) is 0 Å². The van der Waals surface area contributed by atoms with E-state index in [1.807, 2.05) is 12.4 Å². The minimum Gasteiger partial charge on any atom is -0.341 e. The molecule has 0 saturated carbocycles. The quantitative estimate of drug-likeness (QED) is 0.801. The van der Waals surface area contributed by atoms with Crippen LogP contribution in [0.15, 0.2) is 12.4 Å². The highest BCUT2D eigenvalue weighted by molar-refractivity contribution is 9.08. The molecule has 1 unspecified atom stereocenters. The van der Waals surface area contributed by atoms with Gasteiger partial charge >= 0.3 is 0 Å². The number of rotatable bonds is 3. The van der Waals surface area contributed by atoms with Gasteiger partial charge in [-0.1, -0.05) is 29.3 Å². The molecule has 4 heteroatoms. The van der Waals surface area contributed by atoms with Crippen LogP contribution in [0.3, 0.4) is 0 Å². The molecule has 0 spiro atoms. The average molecular weight is 298 g/mol. The summed E-state index contributed by atoms with van der Waals surface area (Å²) in [5.74, 6) is 1.79. The molecule has 0 N–H and O–H groups in total. The van der Waals surface area contributed by atoms with E-state index in [1.165, 1.54) is 25.7 Å². The second kappa shape index (κ2) is 6.34. The molecule has 1 aliphatic rings. The standard InChI is InChI=1S/C13H20BrN3/c1-2-11-4-3-6-17(7-5-11)13-15-9-12(8-14)10-16-13/h9-11H,2-8H2,1H3. The van der Waals surface area contributed by atoms with Crippen LogP contribution >= 0.6 is 15.9 Å². The fourth-order valence-corrected chi connectivity index (χ4v) is 2.64. The Morgan fingerprint density at radius 3 is 2.71 bits per heavy atom. The van der Waals surface area contributed by atoms with Crippen LogP contribution in [0, 0.1) is 5.92 Å². The van der Waals surface area contributed by atoms with Gasteiger partial charge in [0.2, 0.25) is 5.95 Å². The van der Waals surface area contributed by atoms with Crippen LogP contribution in [0.4, 0.5) is 5.95 Å². The fraction of sp³-hybridized carbons (Fsp3) is 0.692. The highest BCUT2D eigenvalue weighted by Gasteiger charge is 2.17. The number of nitrogens with zero attached hydrogens (tertiary/aromatic N) is 3. The molecule has 2 rings (SSSR count). The van der Waals surface area contributed by atoms with Gasteiger partial charge in [0.25, 0.3) is 0 Å². The summed E-state index contributed by atoms with van der Waals surface area (Å²) in [6.07, 6.45) is 9.03. The number of hydrogen-bond acceptors (Lipinski definition) is 3. The molecule has 1 atom stereocenters. The van der Waals surface area contributed by atoms with Crippen molar-refractivity contribution in [3.05, 3.63) is 18.0 Å². The first-order valence-electron chi connectivity index (χ1n) is 6.45. The van der Waals surface area contributed by atoms with Crippen LogP contribution in [0.2, 0.25) is 0 Å².